The summed E-state index contributed by atoms with van der Waals surface area (Å²) >= 11 is 1.63. The molecule has 0 aliphatic heterocycles. The van der Waals surface area contributed by atoms with Crippen molar-refractivity contribution in [3.05, 3.63) is 22.4 Å². The zero-order valence-electron chi connectivity index (χ0n) is 11.4. The van der Waals surface area contributed by atoms with E-state index in [1.54, 1.807) is 25.2 Å². The molecule has 18 heavy (non-hydrogen) atoms. The van der Waals surface area contributed by atoms with E-state index in [9.17, 15) is 9.90 Å². The average molecular weight is 270 g/mol. The number of thiophene rings is 1. The third-order valence-electron chi connectivity index (χ3n) is 2.69. The van der Waals surface area contributed by atoms with Crippen LogP contribution in [-0.4, -0.2) is 41.1 Å². The van der Waals surface area contributed by atoms with E-state index in [2.05, 4.69) is 5.32 Å². The molecule has 0 spiro atoms. The molecule has 0 fully saturated rings. The highest BCUT2D eigenvalue weighted by Crippen LogP contribution is 2.09. The lowest BCUT2D eigenvalue weighted by atomic mass is 10.1. The lowest BCUT2D eigenvalue weighted by Gasteiger charge is -2.29. The SMILES string of the molecule is CC(C(=O)NCc1cccs1)N(C)CC(C)(C)O. The van der Waals surface area contributed by atoms with Gasteiger partial charge in [-0.05, 0) is 39.3 Å². The Labute approximate surface area is 113 Å². The topological polar surface area (TPSA) is 52.6 Å². The minimum Gasteiger partial charge on any atom is -0.389 e. The van der Waals surface area contributed by atoms with Gasteiger partial charge in [0.1, 0.15) is 0 Å². The van der Waals surface area contributed by atoms with Crippen LogP contribution in [-0.2, 0) is 11.3 Å². The van der Waals surface area contributed by atoms with Gasteiger partial charge in [0.2, 0.25) is 5.91 Å². The van der Waals surface area contributed by atoms with Gasteiger partial charge in [0.25, 0.3) is 0 Å². The van der Waals surface area contributed by atoms with Gasteiger partial charge in [-0.2, -0.15) is 0 Å². The van der Waals surface area contributed by atoms with Crippen molar-refractivity contribution in [2.24, 2.45) is 0 Å². The molecule has 1 atom stereocenters. The van der Waals surface area contributed by atoms with Crippen LogP contribution in [0, 0.1) is 0 Å². The molecule has 1 unspecified atom stereocenters. The number of rotatable bonds is 6. The van der Waals surface area contributed by atoms with Crippen molar-refractivity contribution in [2.75, 3.05) is 13.6 Å². The van der Waals surface area contributed by atoms with Crippen LogP contribution < -0.4 is 5.32 Å². The highest BCUT2D eigenvalue weighted by molar-refractivity contribution is 7.09. The Morgan fingerprint density at radius 3 is 2.78 bits per heavy atom. The molecule has 2 N–H and O–H groups in total. The molecule has 0 saturated heterocycles. The van der Waals surface area contributed by atoms with Crippen LogP contribution in [0.5, 0.6) is 0 Å². The lowest BCUT2D eigenvalue weighted by Crippen LogP contribution is -2.47. The van der Waals surface area contributed by atoms with Gasteiger partial charge in [-0.1, -0.05) is 6.07 Å². The summed E-state index contributed by atoms with van der Waals surface area (Å²) in [6.07, 6.45) is 0. The van der Waals surface area contributed by atoms with E-state index in [4.69, 9.17) is 0 Å². The number of nitrogens with one attached hydrogen (secondary N) is 1. The smallest absolute Gasteiger partial charge is 0.237 e. The van der Waals surface area contributed by atoms with E-state index >= 15 is 0 Å². The number of likely N-dealkylation sites (N-methyl/N-ethyl adjacent to an activating group) is 1. The number of hydrogen-bond acceptors (Lipinski definition) is 4. The second-order valence-electron chi connectivity index (χ2n) is 5.20. The van der Waals surface area contributed by atoms with Crippen molar-refractivity contribution in [3.8, 4) is 0 Å². The molecule has 0 aliphatic carbocycles. The predicted molar refractivity (Wildman–Crippen MR) is 74.6 cm³/mol. The highest BCUT2D eigenvalue weighted by Gasteiger charge is 2.23. The molecule has 1 amide bonds. The third-order valence-corrected chi connectivity index (χ3v) is 3.57. The summed E-state index contributed by atoms with van der Waals surface area (Å²) in [5.74, 6) is -0.0184. The summed E-state index contributed by atoms with van der Waals surface area (Å²) < 4.78 is 0. The molecule has 1 heterocycles. The molecule has 0 aromatic carbocycles. The van der Waals surface area contributed by atoms with Crippen molar-refractivity contribution in [1.82, 2.24) is 10.2 Å². The average Bonchev–Trinajstić information content (AvgIpc) is 2.75. The Morgan fingerprint density at radius 1 is 1.61 bits per heavy atom. The Bertz CT molecular complexity index is 371. The molecule has 0 radical (unpaired) electrons. The molecular formula is C13H22N2O2S. The first-order valence-electron chi connectivity index (χ1n) is 6.02. The number of carbonyl (C=O) groups excluding carboxylic acids is 1. The Hall–Kier alpha value is -0.910. The first-order valence-corrected chi connectivity index (χ1v) is 6.90. The summed E-state index contributed by atoms with van der Waals surface area (Å²) in [5.41, 5.74) is -0.795. The van der Waals surface area contributed by atoms with Gasteiger partial charge in [0.15, 0.2) is 0 Å². The molecule has 4 nitrogen and oxygen atoms in total. The summed E-state index contributed by atoms with van der Waals surface area (Å²) in [5, 5.41) is 14.6. The quantitative estimate of drug-likeness (QED) is 0.823. The maximum absolute atomic E-state index is 11.9. The minimum atomic E-state index is -0.795. The van der Waals surface area contributed by atoms with Gasteiger partial charge in [0.05, 0.1) is 18.2 Å². The van der Waals surface area contributed by atoms with E-state index in [0.717, 1.165) is 4.88 Å². The summed E-state index contributed by atoms with van der Waals surface area (Å²) in [6, 6.07) is 3.71. The molecule has 0 aliphatic rings. The van der Waals surface area contributed by atoms with Crippen LogP contribution in [0.1, 0.15) is 25.6 Å². The van der Waals surface area contributed by atoms with Crippen LogP contribution in [0.25, 0.3) is 0 Å². The molecule has 0 saturated carbocycles. The molecule has 1 aromatic heterocycles. The molecule has 102 valence electrons. The molecule has 5 heteroatoms. The van der Waals surface area contributed by atoms with Crippen molar-refractivity contribution in [3.63, 3.8) is 0 Å². The van der Waals surface area contributed by atoms with Crippen LogP contribution in [0.3, 0.4) is 0 Å². The largest absolute Gasteiger partial charge is 0.389 e. The first-order chi connectivity index (χ1) is 8.29. The fraction of sp³-hybridized carbons (Fsp3) is 0.615. The molecular weight excluding hydrogens is 248 g/mol. The monoisotopic (exact) mass is 270 g/mol. The van der Waals surface area contributed by atoms with Gasteiger partial charge in [-0.25, -0.2) is 0 Å². The summed E-state index contributed by atoms with van der Waals surface area (Å²) in [7, 11) is 1.84. The maximum Gasteiger partial charge on any atom is 0.237 e. The fourth-order valence-corrected chi connectivity index (χ4v) is 2.33. The van der Waals surface area contributed by atoms with Gasteiger partial charge in [-0.3, -0.25) is 9.69 Å². The summed E-state index contributed by atoms with van der Waals surface area (Å²) in [6.45, 7) is 6.34. The molecule has 1 rings (SSSR count). The Morgan fingerprint density at radius 2 is 2.28 bits per heavy atom. The van der Waals surface area contributed by atoms with Crippen molar-refractivity contribution in [2.45, 2.75) is 39.0 Å². The van der Waals surface area contributed by atoms with E-state index in [-0.39, 0.29) is 11.9 Å². The Balaban J connectivity index is 2.41. The van der Waals surface area contributed by atoms with Crippen LogP contribution in [0.15, 0.2) is 17.5 Å². The van der Waals surface area contributed by atoms with E-state index in [1.807, 2.05) is 36.4 Å². The van der Waals surface area contributed by atoms with Crippen molar-refractivity contribution >= 4 is 17.2 Å². The zero-order chi connectivity index (χ0) is 13.8. The minimum absolute atomic E-state index is 0.0184. The number of nitrogens with zero attached hydrogens (tertiary/aromatic N) is 1. The highest BCUT2D eigenvalue weighted by atomic mass is 32.1. The number of aliphatic hydroxyl groups is 1. The lowest BCUT2D eigenvalue weighted by molar-refractivity contribution is -0.126. The van der Waals surface area contributed by atoms with E-state index < -0.39 is 5.60 Å². The molecule has 1 aromatic rings. The summed E-state index contributed by atoms with van der Waals surface area (Å²) in [4.78, 5) is 14.9. The second-order valence-corrected chi connectivity index (χ2v) is 6.23. The Kier molecular flexibility index (Phi) is 5.31. The van der Waals surface area contributed by atoms with Crippen LogP contribution >= 0.6 is 11.3 Å². The first kappa shape index (κ1) is 15.1. The van der Waals surface area contributed by atoms with Gasteiger partial charge in [-0.15, -0.1) is 11.3 Å². The zero-order valence-corrected chi connectivity index (χ0v) is 12.3. The van der Waals surface area contributed by atoms with Crippen molar-refractivity contribution < 1.29 is 9.90 Å². The number of amides is 1. The van der Waals surface area contributed by atoms with Gasteiger partial charge in [0, 0.05) is 11.4 Å². The normalized spacial score (nSPS) is 13.7. The van der Waals surface area contributed by atoms with Gasteiger partial charge >= 0.3 is 0 Å². The standard InChI is InChI=1S/C13H22N2O2S/c1-10(15(4)9-13(2,3)17)12(16)14-8-11-6-5-7-18-11/h5-7,10,17H,8-9H2,1-4H3,(H,14,16). The van der Waals surface area contributed by atoms with Gasteiger partial charge < -0.3 is 10.4 Å². The maximum atomic E-state index is 11.9. The van der Waals surface area contributed by atoms with E-state index in [1.165, 1.54) is 0 Å². The predicted octanol–water partition coefficient (Wildman–Crippen LogP) is 1.46. The number of carbonyl (C=O) groups is 1. The second kappa shape index (κ2) is 6.31. The fourth-order valence-electron chi connectivity index (χ4n) is 1.68. The van der Waals surface area contributed by atoms with Crippen molar-refractivity contribution in [1.29, 1.82) is 0 Å². The van der Waals surface area contributed by atoms with Crippen LogP contribution in [0.4, 0.5) is 0 Å². The number of hydrogen-bond donors (Lipinski definition) is 2. The van der Waals surface area contributed by atoms with Crippen LogP contribution in [0.2, 0.25) is 0 Å². The molecule has 0 bridgehead atoms. The third kappa shape index (κ3) is 5.16. The van der Waals surface area contributed by atoms with E-state index in [0.29, 0.717) is 13.1 Å².